The average Bonchev–Trinajstić information content (AvgIpc) is 2.42. The number of hydrogen-bond donors (Lipinski definition) is 0. The van der Waals surface area contributed by atoms with Gasteiger partial charge in [-0.25, -0.2) is 9.50 Å². The standard InChI is InChI=1S/C11H12ClN3/c1-7-13-11-6-9(8-3-2-4-8)5-10(12)15(11)14-7/h5-6,8H,2-4H2,1H3. The van der Waals surface area contributed by atoms with Crippen molar-refractivity contribution in [2.24, 2.45) is 0 Å². The molecule has 1 saturated carbocycles. The summed E-state index contributed by atoms with van der Waals surface area (Å²) in [6, 6.07) is 4.13. The van der Waals surface area contributed by atoms with Crippen LogP contribution in [0.5, 0.6) is 0 Å². The highest BCUT2D eigenvalue weighted by molar-refractivity contribution is 6.29. The summed E-state index contributed by atoms with van der Waals surface area (Å²) in [5.74, 6) is 1.45. The Hall–Kier alpha value is -1.09. The minimum Gasteiger partial charge on any atom is -0.212 e. The van der Waals surface area contributed by atoms with Crippen LogP contribution < -0.4 is 0 Å². The molecule has 0 aromatic carbocycles. The van der Waals surface area contributed by atoms with E-state index in [0.717, 1.165) is 11.5 Å². The van der Waals surface area contributed by atoms with Crippen LogP contribution >= 0.6 is 11.6 Å². The van der Waals surface area contributed by atoms with E-state index >= 15 is 0 Å². The number of fused-ring (bicyclic) bond motifs is 1. The van der Waals surface area contributed by atoms with E-state index in [9.17, 15) is 0 Å². The van der Waals surface area contributed by atoms with E-state index in [1.807, 2.05) is 13.0 Å². The van der Waals surface area contributed by atoms with Crippen LogP contribution in [0.4, 0.5) is 0 Å². The number of pyridine rings is 1. The van der Waals surface area contributed by atoms with Crippen molar-refractivity contribution in [3.05, 3.63) is 28.7 Å². The summed E-state index contributed by atoms with van der Waals surface area (Å²) in [4.78, 5) is 4.34. The third-order valence-electron chi connectivity index (χ3n) is 3.10. The second-order valence-corrected chi connectivity index (χ2v) is 4.56. The van der Waals surface area contributed by atoms with Crippen LogP contribution in [0.2, 0.25) is 5.15 Å². The van der Waals surface area contributed by atoms with Crippen LogP contribution in [0.3, 0.4) is 0 Å². The van der Waals surface area contributed by atoms with Crippen molar-refractivity contribution in [2.75, 3.05) is 0 Å². The fourth-order valence-corrected chi connectivity index (χ4v) is 2.30. The molecule has 78 valence electrons. The van der Waals surface area contributed by atoms with Gasteiger partial charge >= 0.3 is 0 Å². The van der Waals surface area contributed by atoms with Gasteiger partial charge in [0, 0.05) is 0 Å². The third-order valence-corrected chi connectivity index (χ3v) is 3.37. The fraction of sp³-hybridized carbons (Fsp3) is 0.455. The number of aromatic nitrogens is 3. The molecule has 2 aromatic rings. The predicted octanol–water partition coefficient (Wildman–Crippen LogP) is 2.96. The molecule has 0 radical (unpaired) electrons. The van der Waals surface area contributed by atoms with Gasteiger partial charge in [-0.3, -0.25) is 0 Å². The van der Waals surface area contributed by atoms with Gasteiger partial charge in [0.25, 0.3) is 0 Å². The quantitative estimate of drug-likeness (QED) is 0.693. The van der Waals surface area contributed by atoms with Gasteiger partial charge in [-0.05, 0) is 43.4 Å². The zero-order valence-electron chi connectivity index (χ0n) is 8.57. The van der Waals surface area contributed by atoms with E-state index < -0.39 is 0 Å². The number of hydrogen-bond acceptors (Lipinski definition) is 2. The van der Waals surface area contributed by atoms with Gasteiger partial charge in [-0.2, -0.15) is 5.10 Å². The Bertz CT molecular complexity index is 514. The Kier molecular flexibility index (Phi) is 1.96. The number of rotatable bonds is 1. The summed E-state index contributed by atoms with van der Waals surface area (Å²) < 4.78 is 1.69. The van der Waals surface area contributed by atoms with Crippen molar-refractivity contribution in [1.29, 1.82) is 0 Å². The van der Waals surface area contributed by atoms with Crippen molar-refractivity contribution in [3.8, 4) is 0 Å². The molecule has 0 saturated heterocycles. The minimum atomic E-state index is 0.662. The smallest absolute Gasteiger partial charge is 0.157 e. The topological polar surface area (TPSA) is 30.2 Å². The van der Waals surface area contributed by atoms with Crippen molar-refractivity contribution in [3.63, 3.8) is 0 Å². The molecule has 0 spiro atoms. The molecule has 3 nitrogen and oxygen atoms in total. The maximum absolute atomic E-state index is 6.16. The molecule has 0 bridgehead atoms. The number of halogens is 1. The largest absolute Gasteiger partial charge is 0.212 e. The summed E-state index contributed by atoms with van der Waals surface area (Å²) in [5, 5.41) is 4.89. The lowest BCUT2D eigenvalue weighted by atomic mass is 9.80. The molecule has 2 heterocycles. The molecule has 0 N–H and O–H groups in total. The van der Waals surface area contributed by atoms with Crippen molar-refractivity contribution in [2.45, 2.75) is 32.1 Å². The van der Waals surface area contributed by atoms with Gasteiger partial charge in [0.2, 0.25) is 0 Å². The van der Waals surface area contributed by atoms with E-state index in [1.165, 1.54) is 24.8 Å². The van der Waals surface area contributed by atoms with Gasteiger partial charge in [0.1, 0.15) is 11.0 Å². The summed E-state index contributed by atoms with van der Waals surface area (Å²) >= 11 is 6.16. The molecular weight excluding hydrogens is 210 g/mol. The summed E-state index contributed by atoms with van der Waals surface area (Å²) in [6.45, 7) is 1.88. The lowest BCUT2D eigenvalue weighted by Gasteiger charge is -2.25. The molecule has 3 rings (SSSR count). The highest BCUT2D eigenvalue weighted by atomic mass is 35.5. The number of aryl methyl sites for hydroxylation is 1. The van der Waals surface area contributed by atoms with Crippen molar-refractivity contribution >= 4 is 17.2 Å². The Morgan fingerprint density at radius 2 is 2.20 bits per heavy atom. The highest BCUT2D eigenvalue weighted by Crippen LogP contribution is 2.37. The predicted molar refractivity (Wildman–Crippen MR) is 59.3 cm³/mol. The maximum atomic E-state index is 6.16. The van der Waals surface area contributed by atoms with E-state index in [4.69, 9.17) is 11.6 Å². The molecule has 2 aromatic heterocycles. The second kappa shape index (κ2) is 3.20. The third kappa shape index (κ3) is 1.42. The lowest BCUT2D eigenvalue weighted by molar-refractivity contribution is 0.419. The molecule has 1 aliphatic carbocycles. The molecule has 0 amide bonds. The molecule has 0 aliphatic heterocycles. The molecule has 1 fully saturated rings. The minimum absolute atomic E-state index is 0.662. The van der Waals surface area contributed by atoms with Gasteiger partial charge < -0.3 is 0 Å². The van der Waals surface area contributed by atoms with Crippen molar-refractivity contribution in [1.82, 2.24) is 14.6 Å². The Morgan fingerprint density at radius 1 is 1.40 bits per heavy atom. The first-order valence-corrected chi connectivity index (χ1v) is 5.64. The molecule has 0 unspecified atom stereocenters. The number of nitrogens with zero attached hydrogens (tertiary/aromatic N) is 3. The summed E-state index contributed by atoms with van der Waals surface area (Å²) in [7, 11) is 0. The average molecular weight is 222 g/mol. The van der Waals surface area contributed by atoms with E-state index in [1.54, 1.807) is 4.52 Å². The van der Waals surface area contributed by atoms with Gasteiger partial charge in [0.15, 0.2) is 5.65 Å². The van der Waals surface area contributed by atoms with Crippen LogP contribution in [0.15, 0.2) is 12.1 Å². The fourth-order valence-electron chi connectivity index (χ4n) is 2.05. The molecule has 1 aliphatic rings. The van der Waals surface area contributed by atoms with E-state index in [0.29, 0.717) is 11.1 Å². The molecule has 4 heteroatoms. The van der Waals surface area contributed by atoms with Crippen molar-refractivity contribution < 1.29 is 0 Å². The van der Waals surface area contributed by atoms with Crippen LogP contribution in [0.1, 0.15) is 36.6 Å². The first-order valence-electron chi connectivity index (χ1n) is 5.27. The molecule has 15 heavy (non-hydrogen) atoms. The normalized spacial score (nSPS) is 16.9. The SMILES string of the molecule is Cc1nc2cc(C3CCC3)cc(Cl)n2n1. The Labute approximate surface area is 93.1 Å². The zero-order valence-corrected chi connectivity index (χ0v) is 9.33. The van der Waals surface area contributed by atoms with Crippen LogP contribution in [0.25, 0.3) is 5.65 Å². The zero-order chi connectivity index (χ0) is 10.4. The van der Waals surface area contributed by atoms with Crippen LogP contribution in [-0.2, 0) is 0 Å². The lowest BCUT2D eigenvalue weighted by Crippen LogP contribution is -2.09. The first-order chi connectivity index (χ1) is 7.24. The molecular formula is C11H12ClN3. The van der Waals surface area contributed by atoms with Crippen LogP contribution in [0, 0.1) is 6.92 Å². The summed E-state index contributed by atoms with van der Waals surface area (Å²) in [5.41, 5.74) is 2.17. The Balaban J connectivity index is 2.17. The summed E-state index contributed by atoms with van der Waals surface area (Å²) in [6.07, 6.45) is 3.89. The van der Waals surface area contributed by atoms with Gasteiger partial charge in [0.05, 0.1) is 0 Å². The van der Waals surface area contributed by atoms with Gasteiger partial charge in [-0.15, -0.1) is 0 Å². The first kappa shape index (κ1) is 9.16. The monoisotopic (exact) mass is 221 g/mol. The second-order valence-electron chi connectivity index (χ2n) is 4.17. The van der Waals surface area contributed by atoms with E-state index in [-0.39, 0.29) is 0 Å². The maximum Gasteiger partial charge on any atom is 0.157 e. The highest BCUT2D eigenvalue weighted by Gasteiger charge is 2.21. The molecule has 0 atom stereocenters. The Morgan fingerprint density at radius 3 is 2.87 bits per heavy atom. The van der Waals surface area contributed by atoms with Crippen LogP contribution in [-0.4, -0.2) is 14.6 Å². The van der Waals surface area contributed by atoms with E-state index in [2.05, 4.69) is 16.1 Å². The van der Waals surface area contributed by atoms with Gasteiger partial charge in [-0.1, -0.05) is 18.0 Å².